The number of rotatable bonds is 7. The zero-order valence-electron chi connectivity index (χ0n) is 15.4. The Morgan fingerprint density at radius 2 is 1.63 bits per heavy atom. The van der Waals surface area contributed by atoms with Crippen molar-refractivity contribution >= 4 is 11.8 Å². The van der Waals surface area contributed by atoms with Crippen LogP contribution in [0.15, 0.2) is 48.5 Å². The maximum Gasteiger partial charge on any atom is 0.251 e. The highest BCUT2D eigenvalue weighted by atomic mass is 16.3. The number of fused-ring (bicyclic) bond motifs is 1. The molecule has 2 aromatic rings. The molecule has 0 fully saturated rings. The van der Waals surface area contributed by atoms with Gasteiger partial charge in [-0.05, 0) is 42.2 Å². The minimum absolute atomic E-state index is 0.149. The molecule has 2 aromatic carbocycles. The summed E-state index contributed by atoms with van der Waals surface area (Å²) in [5.41, 5.74) is 3.53. The van der Waals surface area contributed by atoms with E-state index >= 15 is 0 Å². The molecule has 0 saturated heterocycles. The summed E-state index contributed by atoms with van der Waals surface area (Å²) in [6.07, 6.45) is 1.24. The van der Waals surface area contributed by atoms with Gasteiger partial charge in [0, 0.05) is 37.3 Å². The summed E-state index contributed by atoms with van der Waals surface area (Å²) in [6, 6.07) is 15.2. The molecule has 0 saturated carbocycles. The number of benzene rings is 2. The fourth-order valence-corrected chi connectivity index (χ4v) is 3.34. The third-order valence-corrected chi connectivity index (χ3v) is 4.81. The molecule has 1 aliphatic rings. The molecule has 0 aliphatic heterocycles. The van der Waals surface area contributed by atoms with Crippen LogP contribution in [0.4, 0.5) is 0 Å². The third kappa shape index (κ3) is 4.93. The first-order chi connectivity index (χ1) is 13.1. The van der Waals surface area contributed by atoms with E-state index in [4.69, 9.17) is 0 Å². The standard InChI is InChI=1S/C21H25N3O3/c1-22-20(26)16-7-4-8-17(9-16)21(27)24-13-19(25)12-23-18-10-14-5-2-3-6-15(14)11-18/h2-9,18-19,23,25H,10-13H2,1H3,(H,22,26)(H,24,27)/t19-/m0/s1. The highest BCUT2D eigenvalue weighted by molar-refractivity contribution is 5.99. The van der Waals surface area contributed by atoms with Crippen molar-refractivity contribution in [3.63, 3.8) is 0 Å². The predicted octanol–water partition coefficient (Wildman–Crippen LogP) is 0.894. The second-order valence-electron chi connectivity index (χ2n) is 6.81. The van der Waals surface area contributed by atoms with Gasteiger partial charge in [-0.15, -0.1) is 0 Å². The minimum atomic E-state index is -0.681. The molecule has 0 aromatic heterocycles. The van der Waals surface area contributed by atoms with Crippen molar-refractivity contribution in [2.45, 2.75) is 25.0 Å². The van der Waals surface area contributed by atoms with Crippen LogP contribution in [-0.4, -0.2) is 49.2 Å². The van der Waals surface area contributed by atoms with Crippen molar-refractivity contribution in [2.24, 2.45) is 0 Å². The van der Waals surface area contributed by atoms with Gasteiger partial charge in [0.2, 0.25) is 0 Å². The van der Waals surface area contributed by atoms with Gasteiger partial charge in [0.05, 0.1) is 6.10 Å². The highest BCUT2D eigenvalue weighted by Crippen LogP contribution is 2.21. The molecule has 1 atom stereocenters. The molecule has 0 spiro atoms. The van der Waals surface area contributed by atoms with Gasteiger partial charge in [-0.1, -0.05) is 30.3 Å². The smallest absolute Gasteiger partial charge is 0.251 e. The van der Waals surface area contributed by atoms with E-state index in [1.165, 1.54) is 17.2 Å². The molecule has 0 unspecified atom stereocenters. The van der Waals surface area contributed by atoms with Crippen LogP contribution in [0, 0.1) is 0 Å². The van der Waals surface area contributed by atoms with Gasteiger partial charge in [-0.3, -0.25) is 9.59 Å². The zero-order chi connectivity index (χ0) is 19.2. The molecule has 27 heavy (non-hydrogen) atoms. The lowest BCUT2D eigenvalue weighted by molar-refractivity contribution is 0.0914. The molecule has 3 rings (SSSR count). The molecular weight excluding hydrogens is 342 g/mol. The topological polar surface area (TPSA) is 90.5 Å². The van der Waals surface area contributed by atoms with E-state index in [2.05, 4.69) is 28.1 Å². The number of aliphatic hydroxyl groups excluding tert-OH is 1. The Morgan fingerprint density at radius 3 is 2.26 bits per heavy atom. The summed E-state index contributed by atoms with van der Waals surface area (Å²) in [6.45, 7) is 0.562. The van der Waals surface area contributed by atoms with Crippen molar-refractivity contribution < 1.29 is 14.7 Å². The van der Waals surface area contributed by atoms with Gasteiger partial charge in [0.1, 0.15) is 0 Å². The Labute approximate surface area is 159 Å². The summed E-state index contributed by atoms with van der Waals surface area (Å²) in [4.78, 5) is 23.9. The van der Waals surface area contributed by atoms with Gasteiger partial charge in [-0.2, -0.15) is 0 Å². The summed E-state index contributed by atoms with van der Waals surface area (Å²) in [7, 11) is 1.54. The van der Waals surface area contributed by atoms with E-state index in [1.807, 2.05) is 12.1 Å². The van der Waals surface area contributed by atoms with Crippen LogP contribution in [-0.2, 0) is 12.8 Å². The number of carbonyl (C=O) groups excluding carboxylic acids is 2. The van der Waals surface area contributed by atoms with E-state index in [-0.39, 0.29) is 18.4 Å². The van der Waals surface area contributed by atoms with Crippen molar-refractivity contribution in [3.8, 4) is 0 Å². The number of carbonyl (C=O) groups is 2. The minimum Gasteiger partial charge on any atom is -0.390 e. The molecule has 0 bridgehead atoms. The average molecular weight is 367 g/mol. The van der Waals surface area contributed by atoms with Crippen molar-refractivity contribution in [2.75, 3.05) is 20.1 Å². The Bertz CT molecular complexity index is 797. The molecule has 142 valence electrons. The normalized spacial score (nSPS) is 14.4. The number of amides is 2. The summed E-state index contributed by atoms with van der Waals surface area (Å²) < 4.78 is 0. The van der Waals surface area contributed by atoms with Crippen LogP contribution in [0.2, 0.25) is 0 Å². The van der Waals surface area contributed by atoms with E-state index < -0.39 is 6.10 Å². The Balaban J connectivity index is 1.43. The molecule has 1 aliphatic carbocycles. The first-order valence-electron chi connectivity index (χ1n) is 9.15. The fraction of sp³-hybridized carbons (Fsp3) is 0.333. The lowest BCUT2D eigenvalue weighted by Gasteiger charge is -2.17. The number of hydrogen-bond acceptors (Lipinski definition) is 4. The number of aliphatic hydroxyl groups is 1. The van der Waals surface area contributed by atoms with Crippen LogP contribution >= 0.6 is 0 Å². The molecule has 0 heterocycles. The Morgan fingerprint density at radius 1 is 1.00 bits per heavy atom. The molecule has 2 amide bonds. The van der Waals surface area contributed by atoms with Crippen molar-refractivity contribution in [1.29, 1.82) is 0 Å². The molecule has 4 N–H and O–H groups in total. The monoisotopic (exact) mass is 367 g/mol. The van der Waals surface area contributed by atoms with Crippen LogP contribution in [0.1, 0.15) is 31.8 Å². The number of nitrogens with one attached hydrogen (secondary N) is 3. The highest BCUT2D eigenvalue weighted by Gasteiger charge is 2.21. The largest absolute Gasteiger partial charge is 0.390 e. The second kappa shape index (κ2) is 8.79. The molecular formula is C21H25N3O3. The second-order valence-corrected chi connectivity index (χ2v) is 6.81. The van der Waals surface area contributed by atoms with E-state index in [9.17, 15) is 14.7 Å². The van der Waals surface area contributed by atoms with Crippen molar-refractivity contribution in [3.05, 3.63) is 70.8 Å². The lowest BCUT2D eigenvalue weighted by Crippen LogP contribution is -2.41. The van der Waals surface area contributed by atoms with Gasteiger partial charge >= 0.3 is 0 Å². The van der Waals surface area contributed by atoms with Gasteiger partial charge in [0.25, 0.3) is 11.8 Å². The van der Waals surface area contributed by atoms with Gasteiger partial charge in [-0.25, -0.2) is 0 Å². The Kier molecular flexibility index (Phi) is 6.21. The molecule has 6 nitrogen and oxygen atoms in total. The van der Waals surface area contributed by atoms with Crippen LogP contribution in [0.25, 0.3) is 0 Å². The summed E-state index contributed by atoms with van der Waals surface area (Å²) >= 11 is 0. The molecule has 6 heteroatoms. The maximum atomic E-state index is 12.2. The lowest BCUT2D eigenvalue weighted by atomic mass is 10.1. The predicted molar refractivity (Wildman–Crippen MR) is 104 cm³/mol. The van der Waals surface area contributed by atoms with E-state index in [0.29, 0.717) is 23.7 Å². The first kappa shape index (κ1) is 19.1. The van der Waals surface area contributed by atoms with Gasteiger partial charge in [0.15, 0.2) is 0 Å². The first-order valence-corrected chi connectivity index (χ1v) is 9.15. The summed E-state index contributed by atoms with van der Waals surface area (Å²) in [5.74, 6) is -0.556. The van der Waals surface area contributed by atoms with Crippen LogP contribution in [0.5, 0.6) is 0 Å². The van der Waals surface area contributed by atoms with Gasteiger partial charge < -0.3 is 21.1 Å². The average Bonchev–Trinajstić information content (AvgIpc) is 3.13. The zero-order valence-corrected chi connectivity index (χ0v) is 15.4. The number of hydrogen-bond donors (Lipinski definition) is 4. The van der Waals surface area contributed by atoms with Crippen LogP contribution in [0.3, 0.4) is 0 Å². The van der Waals surface area contributed by atoms with E-state index in [0.717, 1.165) is 12.8 Å². The third-order valence-electron chi connectivity index (χ3n) is 4.81. The Hall–Kier alpha value is -2.70. The molecule has 0 radical (unpaired) electrons. The van der Waals surface area contributed by atoms with Crippen molar-refractivity contribution in [1.82, 2.24) is 16.0 Å². The van der Waals surface area contributed by atoms with E-state index in [1.54, 1.807) is 25.2 Å². The maximum absolute atomic E-state index is 12.2. The summed E-state index contributed by atoms with van der Waals surface area (Å²) in [5, 5.41) is 18.8. The fourth-order valence-electron chi connectivity index (χ4n) is 3.34. The SMILES string of the molecule is CNC(=O)c1cccc(C(=O)NC[C@@H](O)CNC2Cc3ccccc3C2)c1. The quantitative estimate of drug-likeness (QED) is 0.585. The van der Waals surface area contributed by atoms with Crippen LogP contribution < -0.4 is 16.0 Å².